The molecule has 0 aliphatic carbocycles. The lowest BCUT2D eigenvalue weighted by atomic mass is 10.0. The summed E-state index contributed by atoms with van der Waals surface area (Å²) in [6.07, 6.45) is 93.1. The van der Waals surface area contributed by atoms with E-state index in [9.17, 15) is 14.4 Å². The number of ether oxygens (including phenoxy) is 3. The molecule has 0 spiro atoms. The van der Waals surface area contributed by atoms with E-state index >= 15 is 0 Å². The third-order valence-electron chi connectivity index (χ3n) is 15.1. The zero-order chi connectivity index (χ0) is 58.5. The molecule has 0 saturated heterocycles. The van der Waals surface area contributed by atoms with Gasteiger partial charge < -0.3 is 14.2 Å². The molecule has 0 aromatic heterocycles. The van der Waals surface area contributed by atoms with Crippen LogP contribution in [0.15, 0.2) is 97.2 Å². The number of unbranched alkanes of at least 4 members (excludes halogenated alkanes) is 36. The zero-order valence-electron chi connectivity index (χ0n) is 53.5. The molecule has 6 heteroatoms. The second kappa shape index (κ2) is 68.8. The third-order valence-corrected chi connectivity index (χ3v) is 15.1. The molecule has 81 heavy (non-hydrogen) atoms. The summed E-state index contributed by atoms with van der Waals surface area (Å²) >= 11 is 0. The Bertz CT molecular complexity index is 1580. The summed E-state index contributed by atoms with van der Waals surface area (Å²) in [5.74, 6) is -0.886. The minimum absolute atomic E-state index is 0.0802. The maximum absolute atomic E-state index is 12.9. The first-order chi connectivity index (χ1) is 40.0. The molecule has 0 heterocycles. The van der Waals surface area contributed by atoms with E-state index in [0.29, 0.717) is 19.3 Å². The Morgan fingerprint density at radius 1 is 0.259 bits per heavy atom. The molecule has 1 atom stereocenters. The Balaban J connectivity index is 4.08. The second-order valence-electron chi connectivity index (χ2n) is 23.0. The number of hydrogen-bond acceptors (Lipinski definition) is 6. The van der Waals surface area contributed by atoms with Crippen molar-refractivity contribution in [1.82, 2.24) is 0 Å². The van der Waals surface area contributed by atoms with E-state index < -0.39 is 6.10 Å². The van der Waals surface area contributed by atoms with Gasteiger partial charge in [-0.2, -0.15) is 0 Å². The van der Waals surface area contributed by atoms with Crippen LogP contribution >= 0.6 is 0 Å². The first kappa shape index (κ1) is 77.3. The molecule has 0 amide bonds. The van der Waals surface area contributed by atoms with Crippen LogP contribution in [0.3, 0.4) is 0 Å². The van der Waals surface area contributed by atoms with Gasteiger partial charge in [-0.1, -0.05) is 311 Å². The van der Waals surface area contributed by atoms with Crippen molar-refractivity contribution in [2.45, 2.75) is 348 Å². The number of allylic oxidation sites excluding steroid dienone is 16. The number of rotatable bonds is 63. The van der Waals surface area contributed by atoms with Gasteiger partial charge in [-0.15, -0.1) is 0 Å². The van der Waals surface area contributed by atoms with Gasteiger partial charge in [0.1, 0.15) is 13.2 Å². The van der Waals surface area contributed by atoms with E-state index in [1.807, 2.05) is 0 Å². The van der Waals surface area contributed by atoms with Crippen molar-refractivity contribution < 1.29 is 28.6 Å². The molecule has 0 radical (unpaired) electrons. The Morgan fingerprint density at radius 2 is 0.481 bits per heavy atom. The Kier molecular flexibility index (Phi) is 65.7. The van der Waals surface area contributed by atoms with Crippen molar-refractivity contribution in [3.63, 3.8) is 0 Å². The molecule has 0 N–H and O–H groups in total. The smallest absolute Gasteiger partial charge is 0.306 e. The number of esters is 3. The molecular formula is C75H130O6. The number of carbonyl (C=O) groups is 3. The Labute approximate surface area is 502 Å². The van der Waals surface area contributed by atoms with Gasteiger partial charge >= 0.3 is 17.9 Å². The lowest BCUT2D eigenvalue weighted by Gasteiger charge is -2.18. The van der Waals surface area contributed by atoms with E-state index in [1.165, 1.54) is 186 Å². The van der Waals surface area contributed by atoms with Crippen LogP contribution in [0.2, 0.25) is 0 Å². The predicted molar refractivity (Wildman–Crippen MR) is 353 cm³/mol. The lowest BCUT2D eigenvalue weighted by Crippen LogP contribution is -2.30. The van der Waals surface area contributed by atoms with Gasteiger partial charge in [-0.05, 0) is 109 Å². The van der Waals surface area contributed by atoms with Crippen LogP contribution in [-0.4, -0.2) is 37.2 Å². The predicted octanol–water partition coefficient (Wildman–Crippen LogP) is 24.0. The van der Waals surface area contributed by atoms with Gasteiger partial charge in [0.05, 0.1) is 0 Å². The van der Waals surface area contributed by atoms with Crippen LogP contribution in [-0.2, 0) is 28.6 Å². The average molecular weight is 1130 g/mol. The number of carbonyl (C=O) groups excluding carboxylic acids is 3. The highest BCUT2D eigenvalue weighted by Gasteiger charge is 2.19. The zero-order valence-corrected chi connectivity index (χ0v) is 53.5. The van der Waals surface area contributed by atoms with E-state index in [-0.39, 0.29) is 31.1 Å². The molecule has 0 aromatic rings. The fraction of sp³-hybridized carbons (Fsp3) is 0.747. The first-order valence-electron chi connectivity index (χ1n) is 34.7. The molecule has 0 aliphatic rings. The topological polar surface area (TPSA) is 78.9 Å². The monoisotopic (exact) mass is 1130 g/mol. The normalized spacial score (nSPS) is 12.7. The molecule has 0 bridgehead atoms. The van der Waals surface area contributed by atoms with Crippen molar-refractivity contribution in [3.8, 4) is 0 Å². The highest BCUT2D eigenvalue weighted by atomic mass is 16.6. The highest BCUT2D eigenvalue weighted by molar-refractivity contribution is 5.71. The van der Waals surface area contributed by atoms with Gasteiger partial charge in [0, 0.05) is 19.3 Å². The largest absolute Gasteiger partial charge is 0.462 e. The highest BCUT2D eigenvalue weighted by Crippen LogP contribution is 2.18. The maximum Gasteiger partial charge on any atom is 0.306 e. The van der Waals surface area contributed by atoms with Gasteiger partial charge in [-0.25, -0.2) is 0 Å². The minimum Gasteiger partial charge on any atom is -0.462 e. The van der Waals surface area contributed by atoms with Crippen LogP contribution < -0.4 is 0 Å². The fourth-order valence-corrected chi connectivity index (χ4v) is 9.90. The van der Waals surface area contributed by atoms with E-state index in [4.69, 9.17) is 14.2 Å². The van der Waals surface area contributed by atoms with Crippen LogP contribution in [0.4, 0.5) is 0 Å². The molecule has 0 rings (SSSR count). The number of hydrogen-bond donors (Lipinski definition) is 0. The van der Waals surface area contributed by atoms with Gasteiger partial charge in [0.15, 0.2) is 6.10 Å². The lowest BCUT2D eigenvalue weighted by molar-refractivity contribution is -0.167. The second-order valence-corrected chi connectivity index (χ2v) is 23.0. The van der Waals surface area contributed by atoms with Gasteiger partial charge in [0.25, 0.3) is 0 Å². The van der Waals surface area contributed by atoms with Gasteiger partial charge in [-0.3, -0.25) is 14.4 Å². The molecule has 6 nitrogen and oxygen atoms in total. The fourth-order valence-electron chi connectivity index (χ4n) is 9.90. The summed E-state index contributed by atoms with van der Waals surface area (Å²) < 4.78 is 16.9. The molecule has 0 fully saturated rings. The summed E-state index contributed by atoms with van der Waals surface area (Å²) in [6, 6.07) is 0. The summed E-state index contributed by atoms with van der Waals surface area (Å²) in [4.78, 5) is 38.3. The van der Waals surface area contributed by atoms with Crippen LogP contribution in [0.1, 0.15) is 342 Å². The Hall–Kier alpha value is -3.67. The van der Waals surface area contributed by atoms with Crippen molar-refractivity contribution >= 4 is 17.9 Å². The molecule has 0 saturated carbocycles. The molecular weight excluding hydrogens is 997 g/mol. The van der Waals surface area contributed by atoms with E-state index in [0.717, 1.165) is 116 Å². The van der Waals surface area contributed by atoms with Crippen LogP contribution in [0.5, 0.6) is 0 Å². The summed E-state index contributed by atoms with van der Waals surface area (Å²) in [6.45, 7) is 6.40. The average Bonchev–Trinajstić information content (AvgIpc) is 3.47. The van der Waals surface area contributed by atoms with Crippen LogP contribution in [0, 0.1) is 0 Å². The molecule has 0 aromatic carbocycles. The molecule has 0 aliphatic heterocycles. The van der Waals surface area contributed by atoms with Crippen molar-refractivity contribution in [2.24, 2.45) is 0 Å². The summed E-state index contributed by atoms with van der Waals surface area (Å²) in [5, 5.41) is 0. The van der Waals surface area contributed by atoms with E-state index in [1.54, 1.807) is 0 Å². The standard InChI is InChI=1S/C75H130O6/c1-4-7-10-13-16-19-22-24-26-28-29-30-31-32-33-34-35-36-37-38-39-40-41-42-43-44-45-47-48-50-53-56-59-62-65-68-74(77)80-71-72(70-79-73(76)67-64-61-58-55-52-21-18-15-12-9-6-3)81-75(78)69-66-63-60-57-54-51-49-46-27-25-23-20-17-14-11-8-5-2/h7-8,10-11,15-20,24-27,29-30,72H,4-6,9,12-14,21-23,28,31-71H2,1-3H3/b10-7-,11-8-,18-15-,19-16-,20-17-,26-24-,27-25-,30-29-. The first-order valence-corrected chi connectivity index (χ1v) is 34.7. The van der Waals surface area contributed by atoms with Crippen molar-refractivity contribution in [1.29, 1.82) is 0 Å². The SMILES string of the molecule is CC/C=C\C/C=C\C/C=C\C/C=C\CCCCCCCCCCCCCCCCCCCCCCCCC(=O)OCC(COC(=O)CCCCCCC/C=C\CCCC)OC(=O)CCCCCCCCC/C=C\C/C=C\C/C=C\CC. The third kappa shape index (κ3) is 67.0. The van der Waals surface area contributed by atoms with Gasteiger partial charge in [0.2, 0.25) is 0 Å². The van der Waals surface area contributed by atoms with Crippen molar-refractivity contribution in [3.05, 3.63) is 97.2 Å². The van der Waals surface area contributed by atoms with E-state index in [2.05, 4.69) is 118 Å². The van der Waals surface area contributed by atoms with Crippen molar-refractivity contribution in [2.75, 3.05) is 13.2 Å². The maximum atomic E-state index is 12.9. The minimum atomic E-state index is -0.784. The quantitative estimate of drug-likeness (QED) is 0.0261. The Morgan fingerprint density at radius 3 is 0.765 bits per heavy atom. The summed E-state index contributed by atoms with van der Waals surface area (Å²) in [5.41, 5.74) is 0. The molecule has 466 valence electrons. The summed E-state index contributed by atoms with van der Waals surface area (Å²) in [7, 11) is 0. The van der Waals surface area contributed by atoms with Crippen LogP contribution in [0.25, 0.3) is 0 Å². The molecule has 1 unspecified atom stereocenters.